The van der Waals surface area contributed by atoms with Crippen LogP contribution in [0.2, 0.25) is 0 Å². The van der Waals surface area contributed by atoms with Crippen LogP contribution in [0.4, 0.5) is 0 Å². The van der Waals surface area contributed by atoms with Crippen LogP contribution in [0.15, 0.2) is 12.7 Å². The van der Waals surface area contributed by atoms with Crippen molar-refractivity contribution in [2.24, 2.45) is 11.8 Å². The molecule has 0 aliphatic rings. The minimum absolute atomic E-state index is 0.150. The third kappa shape index (κ3) is 2.90. The molecule has 0 saturated carbocycles. The lowest BCUT2D eigenvalue weighted by Gasteiger charge is -2.14. The van der Waals surface area contributed by atoms with E-state index in [1.165, 1.54) is 6.33 Å². The minimum atomic E-state index is -0.150. The highest BCUT2D eigenvalue weighted by Gasteiger charge is 2.17. The topological polar surface area (TPSA) is 110 Å². The summed E-state index contributed by atoms with van der Waals surface area (Å²) < 4.78 is 1.89. The molecule has 0 aliphatic carbocycles. The van der Waals surface area contributed by atoms with Gasteiger partial charge >= 0.3 is 0 Å². The van der Waals surface area contributed by atoms with Crippen molar-refractivity contribution in [3.8, 4) is 0 Å². The molecule has 2 heterocycles. The molecule has 98 valence electrons. The molecule has 0 aliphatic heterocycles. The fourth-order valence-electron chi connectivity index (χ4n) is 1.74. The summed E-state index contributed by atoms with van der Waals surface area (Å²) in [5.74, 6) is 7.62. The molecule has 0 aromatic carbocycles. The van der Waals surface area contributed by atoms with Crippen molar-refractivity contribution in [1.82, 2.24) is 35.4 Å². The summed E-state index contributed by atoms with van der Waals surface area (Å²) in [5, 5.41) is 10.8. The van der Waals surface area contributed by atoms with Crippen LogP contribution in [0.25, 0.3) is 0 Å². The Morgan fingerprint density at radius 2 is 2.22 bits per heavy atom. The van der Waals surface area contributed by atoms with Gasteiger partial charge in [0.2, 0.25) is 0 Å². The summed E-state index contributed by atoms with van der Waals surface area (Å²) in [4.78, 5) is 8.35. The quantitative estimate of drug-likeness (QED) is 0.483. The Hall–Kier alpha value is -1.80. The molecule has 8 heteroatoms. The van der Waals surface area contributed by atoms with E-state index in [4.69, 9.17) is 5.84 Å². The average molecular weight is 250 g/mol. The van der Waals surface area contributed by atoms with Gasteiger partial charge in [0.05, 0.1) is 6.04 Å². The summed E-state index contributed by atoms with van der Waals surface area (Å²) in [6.07, 6.45) is 3.63. The maximum absolute atomic E-state index is 5.54. The van der Waals surface area contributed by atoms with Gasteiger partial charge in [0.1, 0.15) is 24.3 Å². The SMILES string of the molecule is CC(C)Cn1ncnc1CC(NN)c1ncn[nH]1. The molecular weight excluding hydrogens is 232 g/mol. The van der Waals surface area contributed by atoms with E-state index in [9.17, 15) is 0 Å². The zero-order chi connectivity index (χ0) is 13.0. The first-order valence-corrected chi connectivity index (χ1v) is 5.88. The van der Waals surface area contributed by atoms with Crippen LogP contribution in [0.5, 0.6) is 0 Å². The Labute approximate surface area is 105 Å². The number of rotatable bonds is 6. The predicted octanol–water partition coefficient (Wildman–Crippen LogP) is -0.201. The lowest BCUT2D eigenvalue weighted by atomic mass is 10.2. The highest BCUT2D eigenvalue weighted by molar-refractivity contribution is 4.98. The second-order valence-corrected chi connectivity index (χ2v) is 4.55. The molecule has 2 rings (SSSR count). The van der Waals surface area contributed by atoms with Crippen LogP contribution in [-0.4, -0.2) is 29.9 Å². The Bertz CT molecular complexity index is 460. The first-order chi connectivity index (χ1) is 8.70. The Balaban J connectivity index is 2.10. The van der Waals surface area contributed by atoms with Gasteiger partial charge in [-0.15, -0.1) is 0 Å². The largest absolute Gasteiger partial charge is 0.271 e. The maximum atomic E-state index is 5.54. The molecule has 2 aromatic heterocycles. The van der Waals surface area contributed by atoms with Crippen LogP contribution < -0.4 is 11.3 Å². The van der Waals surface area contributed by atoms with Gasteiger partial charge in [0.25, 0.3) is 0 Å². The van der Waals surface area contributed by atoms with Crippen molar-refractivity contribution in [3.05, 3.63) is 24.3 Å². The smallest absolute Gasteiger partial charge is 0.143 e. The standard InChI is InChI=1S/C10H18N8/c1-7(2)4-18-9(12-6-15-18)3-8(16-11)10-13-5-14-17-10/h5-8,16H,3-4,11H2,1-2H3,(H,13,14,17). The summed E-state index contributed by atoms with van der Waals surface area (Å²) in [5.41, 5.74) is 2.71. The molecule has 1 unspecified atom stereocenters. The first kappa shape index (κ1) is 12.7. The number of aromatic nitrogens is 6. The Morgan fingerprint density at radius 3 is 2.83 bits per heavy atom. The van der Waals surface area contributed by atoms with E-state index >= 15 is 0 Å². The molecular formula is C10H18N8. The van der Waals surface area contributed by atoms with E-state index in [2.05, 4.69) is 44.5 Å². The second kappa shape index (κ2) is 5.69. The lowest BCUT2D eigenvalue weighted by molar-refractivity contribution is 0.441. The van der Waals surface area contributed by atoms with Gasteiger partial charge in [-0.2, -0.15) is 10.2 Å². The molecule has 0 radical (unpaired) electrons. The number of nitrogens with one attached hydrogen (secondary N) is 2. The summed E-state index contributed by atoms with van der Waals surface area (Å²) >= 11 is 0. The lowest BCUT2D eigenvalue weighted by Crippen LogP contribution is -2.31. The van der Waals surface area contributed by atoms with E-state index < -0.39 is 0 Å². The van der Waals surface area contributed by atoms with Gasteiger partial charge in [0.15, 0.2) is 0 Å². The fourth-order valence-corrected chi connectivity index (χ4v) is 1.74. The van der Waals surface area contributed by atoms with E-state index in [0.29, 0.717) is 18.2 Å². The van der Waals surface area contributed by atoms with Crippen LogP contribution in [-0.2, 0) is 13.0 Å². The third-order valence-electron chi connectivity index (χ3n) is 2.59. The van der Waals surface area contributed by atoms with E-state index in [1.807, 2.05) is 4.68 Å². The van der Waals surface area contributed by atoms with E-state index in [-0.39, 0.29) is 6.04 Å². The van der Waals surface area contributed by atoms with E-state index in [1.54, 1.807) is 6.33 Å². The minimum Gasteiger partial charge on any atom is -0.271 e. The highest BCUT2D eigenvalue weighted by Crippen LogP contribution is 2.12. The number of H-pyrrole nitrogens is 1. The summed E-state index contributed by atoms with van der Waals surface area (Å²) in [7, 11) is 0. The molecule has 18 heavy (non-hydrogen) atoms. The van der Waals surface area contributed by atoms with Gasteiger partial charge in [0, 0.05) is 13.0 Å². The molecule has 0 bridgehead atoms. The van der Waals surface area contributed by atoms with Gasteiger partial charge < -0.3 is 0 Å². The predicted molar refractivity (Wildman–Crippen MR) is 65.0 cm³/mol. The first-order valence-electron chi connectivity index (χ1n) is 5.88. The van der Waals surface area contributed by atoms with Crippen LogP contribution in [0, 0.1) is 5.92 Å². The van der Waals surface area contributed by atoms with Crippen LogP contribution in [0.3, 0.4) is 0 Å². The number of hydrogen-bond acceptors (Lipinski definition) is 6. The van der Waals surface area contributed by atoms with Crippen LogP contribution >= 0.6 is 0 Å². The summed E-state index contributed by atoms with van der Waals surface area (Å²) in [6.45, 7) is 5.12. The van der Waals surface area contributed by atoms with Crippen molar-refractivity contribution in [3.63, 3.8) is 0 Å². The number of aromatic amines is 1. The number of hydrazine groups is 1. The molecule has 4 N–H and O–H groups in total. The molecule has 2 aromatic rings. The molecule has 8 nitrogen and oxygen atoms in total. The van der Waals surface area contributed by atoms with Crippen molar-refractivity contribution in [2.75, 3.05) is 0 Å². The number of nitrogens with two attached hydrogens (primary N) is 1. The average Bonchev–Trinajstić information content (AvgIpc) is 2.96. The molecule has 1 atom stereocenters. The zero-order valence-electron chi connectivity index (χ0n) is 10.5. The Kier molecular flexibility index (Phi) is 4.00. The highest BCUT2D eigenvalue weighted by atomic mass is 15.3. The Morgan fingerprint density at radius 1 is 1.39 bits per heavy atom. The fraction of sp³-hybridized carbons (Fsp3) is 0.600. The molecule has 0 saturated heterocycles. The summed E-state index contributed by atoms with van der Waals surface area (Å²) in [6, 6.07) is -0.150. The van der Waals surface area contributed by atoms with Gasteiger partial charge in [-0.25, -0.2) is 20.1 Å². The molecule has 0 fully saturated rings. The van der Waals surface area contributed by atoms with Gasteiger partial charge in [-0.05, 0) is 5.92 Å². The normalized spacial score (nSPS) is 13.1. The monoisotopic (exact) mass is 250 g/mol. The van der Waals surface area contributed by atoms with Crippen molar-refractivity contribution in [1.29, 1.82) is 0 Å². The van der Waals surface area contributed by atoms with Crippen molar-refractivity contribution < 1.29 is 0 Å². The van der Waals surface area contributed by atoms with Gasteiger partial charge in [-0.1, -0.05) is 13.8 Å². The number of hydrogen-bond donors (Lipinski definition) is 3. The van der Waals surface area contributed by atoms with Crippen molar-refractivity contribution in [2.45, 2.75) is 32.9 Å². The molecule has 0 spiro atoms. The van der Waals surface area contributed by atoms with E-state index in [0.717, 1.165) is 12.4 Å². The third-order valence-corrected chi connectivity index (χ3v) is 2.59. The maximum Gasteiger partial charge on any atom is 0.143 e. The number of nitrogens with zero attached hydrogens (tertiary/aromatic N) is 5. The van der Waals surface area contributed by atoms with Crippen molar-refractivity contribution >= 4 is 0 Å². The second-order valence-electron chi connectivity index (χ2n) is 4.55. The van der Waals surface area contributed by atoms with Gasteiger partial charge in [-0.3, -0.25) is 10.9 Å². The molecule has 0 amide bonds. The van der Waals surface area contributed by atoms with Crippen LogP contribution in [0.1, 0.15) is 31.5 Å². The zero-order valence-corrected chi connectivity index (χ0v) is 10.5.